The highest BCUT2D eigenvalue weighted by Gasteiger charge is 2.41. The van der Waals surface area contributed by atoms with Crippen molar-refractivity contribution in [1.29, 1.82) is 0 Å². The molecule has 0 aromatic carbocycles. The van der Waals surface area contributed by atoms with Crippen LogP contribution in [0.25, 0.3) is 0 Å². The summed E-state index contributed by atoms with van der Waals surface area (Å²) in [5, 5.41) is 6.57. The third-order valence-corrected chi connectivity index (χ3v) is 4.08. The van der Waals surface area contributed by atoms with Crippen LogP contribution in [0.1, 0.15) is 39.0 Å². The largest absolute Gasteiger partial charge is 0.313 e. The lowest BCUT2D eigenvalue weighted by molar-refractivity contribution is 0.0486. The lowest BCUT2D eigenvalue weighted by Crippen LogP contribution is -2.58. The fourth-order valence-electron chi connectivity index (χ4n) is 2.95. The predicted octanol–water partition coefficient (Wildman–Crippen LogP) is 1.86. The normalized spacial score (nSPS) is 42.8. The van der Waals surface area contributed by atoms with Crippen molar-refractivity contribution < 1.29 is 4.39 Å². The van der Waals surface area contributed by atoms with Gasteiger partial charge in [0, 0.05) is 12.6 Å². The number of alkyl halides is 1. The van der Waals surface area contributed by atoms with Crippen molar-refractivity contribution in [3.63, 3.8) is 0 Å². The molecule has 0 amide bonds. The molecule has 3 unspecified atom stereocenters. The molecule has 3 heteroatoms. The molecule has 0 aliphatic carbocycles. The molecule has 2 nitrogen and oxygen atoms in total. The molecule has 2 heterocycles. The highest BCUT2D eigenvalue weighted by Crippen LogP contribution is 2.32. The van der Waals surface area contributed by atoms with E-state index in [9.17, 15) is 4.39 Å². The summed E-state index contributed by atoms with van der Waals surface area (Å²) in [6.07, 6.45) is 5.15. The van der Waals surface area contributed by atoms with Crippen LogP contribution in [0.4, 0.5) is 4.39 Å². The lowest BCUT2D eigenvalue weighted by Gasteiger charge is -2.41. The van der Waals surface area contributed by atoms with E-state index in [2.05, 4.69) is 17.6 Å². The summed E-state index contributed by atoms with van der Waals surface area (Å²) in [7, 11) is 0. The molecule has 2 aliphatic rings. The molecule has 0 spiro atoms. The minimum absolute atomic E-state index is 0.0870. The van der Waals surface area contributed by atoms with Gasteiger partial charge in [-0.2, -0.15) is 0 Å². The van der Waals surface area contributed by atoms with E-state index in [1.807, 2.05) is 0 Å². The summed E-state index contributed by atoms with van der Waals surface area (Å²) in [4.78, 5) is 0. The second-order valence-corrected chi connectivity index (χ2v) is 5.12. The summed E-state index contributed by atoms with van der Waals surface area (Å²) in [5.74, 6) is 0.728. The standard InChI is InChI=1S/C12H23FN2/c1-2-10-4-7-15-11(8-10)12(13)5-3-6-14-9-12/h10-11,14-15H,2-9H2,1H3. The molecule has 2 aliphatic heterocycles. The van der Waals surface area contributed by atoms with Crippen molar-refractivity contribution in [2.45, 2.75) is 50.7 Å². The number of hydrogen-bond donors (Lipinski definition) is 2. The zero-order chi connectivity index (χ0) is 10.7. The first-order chi connectivity index (χ1) is 7.24. The molecule has 0 aromatic rings. The minimum Gasteiger partial charge on any atom is -0.313 e. The van der Waals surface area contributed by atoms with Crippen LogP contribution in [0, 0.1) is 5.92 Å². The summed E-state index contributed by atoms with van der Waals surface area (Å²) < 4.78 is 14.6. The van der Waals surface area contributed by atoms with Crippen LogP contribution in [0.3, 0.4) is 0 Å². The van der Waals surface area contributed by atoms with Gasteiger partial charge in [-0.05, 0) is 44.7 Å². The van der Waals surface area contributed by atoms with Crippen LogP contribution in [0.2, 0.25) is 0 Å². The van der Waals surface area contributed by atoms with Crippen LogP contribution < -0.4 is 10.6 Å². The van der Waals surface area contributed by atoms with E-state index in [0.717, 1.165) is 38.3 Å². The van der Waals surface area contributed by atoms with Crippen molar-refractivity contribution in [3.8, 4) is 0 Å². The molecule has 2 saturated heterocycles. The molecule has 0 aromatic heterocycles. The van der Waals surface area contributed by atoms with E-state index < -0.39 is 5.67 Å². The molecule has 2 rings (SSSR count). The molecule has 2 N–H and O–H groups in total. The Morgan fingerprint density at radius 3 is 2.93 bits per heavy atom. The fourth-order valence-corrected chi connectivity index (χ4v) is 2.95. The van der Waals surface area contributed by atoms with Gasteiger partial charge < -0.3 is 10.6 Å². The number of hydrogen-bond acceptors (Lipinski definition) is 2. The van der Waals surface area contributed by atoms with Gasteiger partial charge in [0.15, 0.2) is 0 Å². The maximum atomic E-state index is 14.6. The second-order valence-electron chi connectivity index (χ2n) is 5.12. The van der Waals surface area contributed by atoms with E-state index in [-0.39, 0.29) is 6.04 Å². The molecule has 88 valence electrons. The summed E-state index contributed by atoms with van der Waals surface area (Å²) in [5.41, 5.74) is -0.994. The smallest absolute Gasteiger partial charge is 0.138 e. The van der Waals surface area contributed by atoms with Gasteiger partial charge >= 0.3 is 0 Å². The van der Waals surface area contributed by atoms with Gasteiger partial charge in [0.2, 0.25) is 0 Å². The van der Waals surface area contributed by atoms with Gasteiger partial charge in [-0.25, -0.2) is 4.39 Å². The van der Waals surface area contributed by atoms with Gasteiger partial charge in [-0.1, -0.05) is 13.3 Å². The predicted molar refractivity (Wildman–Crippen MR) is 60.7 cm³/mol. The maximum Gasteiger partial charge on any atom is 0.138 e. The third kappa shape index (κ3) is 2.51. The van der Waals surface area contributed by atoms with E-state index >= 15 is 0 Å². The Kier molecular flexibility index (Phi) is 3.62. The van der Waals surface area contributed by atoms with E-state index in [1.165, 1.54) is 12.8 Å². The third-order valence-electron chi connectivity index (χ3n) is 4.08. The summed E-state index contributed by atoms with van der Waals surface area (Å²) in [6, 6.07) is 0.0870. The second kappa shape index (κ2) is 4.79. The van der Waals surface area contributed by atoms with Crippen LogP contribution in [0.15, 0.2) is 0 Å². The van der Waals surface area contributed by atoms with E-state index in [1.54, 1.807) is 0 Å². The van der Waals surface area contributed by atoms with Gasteiger partial charge in [0.1, 0.15) is 5.67 Å². The quantitative estimate of drug-likeness (QED) is 0.733. The number of halogens is 1. The summed E-state index contributed by atoms with van der Waals surface area (Å²) >= 11 is 0. The van der Waals surface area contributed by atoms with E-state index in [0.29, 0.717) is 6.54 Å². The van der Waals surface area contributed by atoms with E-state index in [4.69, 9.17) is 0 Å². The average molecular weight is 214 g/mol. The topological polar surface area (TPSA) is 24.1 Å². The van der Waals surface area contributed by atoms with Crippen molar-refractivity contribution in [2.24, 2.45) is 5.92 Å². The van der Waals surface area contributed by atoms with Gasteiger partial charge in [-0.3, -0.25) is 0 Å². The van der Waals surface area contributed by atoms with Crippen LogP contribution in [-0.4, -0.2) is 31.3 Å². The molecule has 15 heavy (non-hydrogen) atoms. The molecular formula is C12H23FN2. The maximum absolute atomic E-state index is 14.6. The molecular weight excluding hydrogens is 191 g/mol. The zero-order valence-electron chi connectivity index (χ0n) is 9.69. The molecule has 0 saturated carbocycles. The zero-order valence-corrected chi connectivity index (χ0v) is 9.69. The first-order valence-electron chi connectivity index (χ1n) is 6.37. The Balaban J connectivity index is 1.95. The molecule has 0 bridgehead atoms. The first kappa shape index (κ1) is 11.3. The Bertz CT molecular complexity index is 202. The number of rotatable bonds is 2. The Labute approximate surface area is 92.0 Å². The van der Waals surface area contributed by atoms with Crippen LogP contribution >= 0.6 is 0 Å². The summed E-state index contributed by atoms with van der Waals surface area (Å²) in [6.45, 7) is 4.74. The van der Waals surface area contributed by atoms with Crippen molar-refractivity contribution in [2.75, 3.05) is 19.6 Å². The van der Waals surface area contributed by atoms with Crippen molar-refractivity contribution >= 4 is 0 Å². The molecule has 0 radical (unpaired) electrons. The Morgan fingerprint density at radius 1 is 1.40 bits per heavy atom. The molecule has 2 fully saturated rings. The number of piperidine rings is 2. The minimum atomic E-state index is -0.994. The van der Waals surface area contributed by atoms with Gasteiger partial charge in [0.25, 0.3) is 0 Å². The number of nitrogens with one attached hydrogen (secondary N) is 2. The Hall–Kier alpha value is -0.150. The molecule has 3 atom stereocenters. The first-order valence-corrected chi connectivity index (χ1v) is 6.37. The van der Waals surface area contributed by atoms with Crippen molar-refractivity contribution in [3.05, 3.63) is 0 Å². The Morgan fingerprint density at radius 2 is 2.27 bits per heavy atom. The average Bonchev–Trinajstić information content (AvgIpc) is 2.30. The highest BCUT2D eigenvalue weighted by atomic mass is 19.1. The van der Waals surface area contributed by atoms with Gasteiger partial charge in [0.05, 0.1) is 0 Å². The van der Waals surface area contributed by atoms with Crippen LogP contribution in [0.5, 0.6) is 0 Å². The monoisotopic (exact) mass is 214 g/mol. The lowest BCUT2D eigenvalue weighted by atomic mass is 9.79. The van der Waals surface area contributed by atoms with Gasteiger partial charge in [-0.15, -0.1) is 0 Å². The SMILES string of the molecule is CCC1CCNC(C2(F)CCCNC2)C1. The highest BCUT2D eigenvalue weighted by molar-refractivity contribution is 4.98. The van der Waals surface area contributed by atoms with Crippen LogP contribution in [-0.2, 0) is 0 Å². The fraction of sp³-hybridized carbons (Fsp3) is 1.00. The van der Waals surface area contributed by atoms with Crippen molar-refractivity contribution in [1.82, 2.24) is 10.6 Å².